The first-order valence-corrected chi connectivity index (χ1v) is 11.3. The maximum Gasteiger partial charge on any atom is 0.257 e. The Kier molecular flexibility index (Phi) is 8.85. The normalized spacial score (nSPS) is 16.5. The summed E-state index contributed by atoms with van der Waals surface area (Å²) in [6.07, 6.45) is 1.83. The Balaban J connectivity index is 1.55. The van der Waals surface area contributed by atoms with E-state index in [-0.39, 0.29) is 0 Å². The van der Waals surface area contributed by atoms with Gasteiger partial charge in [0.15, 0.2) is 11.8 Å². The summed E-state index contributed by atoms with van der Waals surface area (Å²) >= 11 is 0. The van der Waals surface area contributed by atoms with E-state index in [1.807, 2.05) is 12.1 Å². The third kappa shape index (κ3) is 6.77. The van der Waals surface area contributed by atoms with Gasteiger partial charge >= 0.3 is 0 Å². The molecule has 8 nitrogen and oxygen atoms in total. The summed E-state index contributed by atoms with van der Waals surface area (Å²) in [4.78, 5) is 11.4. The summed E-state index contributed by atoms with van der Waals surface area (Å²) in [5, 5.41) is 11.0. The number of hydrogen-bond donors (Lipinski definition) is 2. The van der Waals surface area contributed by atoms with E-state index in [9.17, 15) is 0 Å². The van der Waals surface area contributed by atoms with Crippen molar-refractivity contribution in [1.82, 2.24) is 25.7 Å². The van der Waals surface area contributed by atoms with Gasteiger partial charge in [0.1, 0.15) is 0 Å². The standard InChI is InChI=1S/C23H36N6O2/c1-5-7-21-27-22(31-28-21)19-9-6-8-18(14-19)15-25-23(24-4)26-16-20(17(2)3)29-10-12-30-13-11-29/h6,8-9,14,17,20H,5,7,10-13,15-16H2,1-4H3,(H2,24,25,26). The topological polar surface area (TPSA) is 87.8 Å². The van der Waals surface area contributed by atoms with Crippen molar-refractivity contribution in [2.24, 2.45) is 10.9 Å². The minimum absolute atomic E-state index is 0.445. The van der Waals surface area contributed by atoms with E-state index < -0.39 is 0 Å². The van der Waals surface area contributed by atoms with Gasteiger partial charge in [-0.25, -0.2) is 0 Å². The number of rotatable bonds is 9. The number of ether oxygens (including phenoxy) is 1. The molecule has 170 valence electrons. The van der Waals surface area contributed by atoms with Crippen LogP contribution in [0.2, 0.25) is 0 Å². The summed E-state index contributed by atoms with van der Waals surface area (Å²) in [7, 11) is 1.80. The number of nitrogens with zero attached hydrogens (tertiary/aromatic N) is 4. The second-order valence-corrected chi connectivity index (χ2v) is 8.23. The molecule has 0 saturated carbocycles. The maximum absolute atomic E-state index is 5.51. The van der Waals surface area contributed by atoms with Crippen LogP contribution in [0.4, 0.5) is 0 Å². The fraction of sp³-hybridized carbons (Fsp3) is 0.609. The van der Waals surface area contributed by atoms with Crippen molar-refractivity contribution in [2.45, 2.75) is 46.2 Å². The molecule has 3 rings (SSSR count). The van der Waals surface area contributed by atoms with E-state index in [1.54, 1.807) is 7.05 Å². The highest BCUT2D eigenvalue weighted by Gasteiger charge is 2.23. The van der Waals surface area contributed by atoms with E-state index in [0.29, 0.717) is 24.4 Å². The van der Waals surface area contributed by atoms with E-state index in [0.717, 1.165) is 68.6 Å². The highest BCUT2D eigenvalue weighted by molar-refractivity contribution is 5.79. The van der Waals surface area contributed by atoms with Gasteiger partial charge in [-0.2, -0.15) is 4.98 Å². The predicted molar refractivity (Wildman–Crippen MR) is 123 cm³/mol. The number of nitrogens with one attached hydrogen (secondary N) is 2. The SMILES string of the molecule is CCCc1noc(-c2cccc(CNC(=NC)NCC(C(C)C)N3CCOCC3)c2)n1. The molecule has 8 heteroatoms. The Morgan fingerprint density at radius 2 is 2.03 bits per heavy atom. The molecule has 2 heterocycles. The van der Waals surface area contributed by atoms with Crippen LogP contribution in [0.1, 0.15) is 38.6 Å². The number of benzene rings is 1. The van der Waals surface area contributed by atoms with Crippen LogP contribution in [-0.4, -0.2) is 66.9 Å². The molecule has 31 heavy (non-hydrogen) atoms. The summed E-state index contributed by atoms with van der Waals surface area (Å²) in [5.74, 6) is 2.67. The molecule has 1 aromatic carbocycles. The molecule has 0 spiro atoms. The van der Waals surface area contributed by atoms with Crippen LogP contribution in [0.25, 0.3) is 11.5 Å². The molecule has 1 aliphatic heterocycles. The molecule has 1 aliphatic rings. The van der Waals surface area contributed by atoms with Crippen molar-refractivity contribution in [1.29, 1.82) is 0 Å². The van der Waals surface area contributed by atoms with Gasteiger partial charge in [0.05, 0.1) is 13.2 Å². The first kappa shape index (κ1) is 23.2. The van der Waals surface area contributed by atoms with Crippen LogP contribution in [0.15, 0.2) is 33.8 Å². The van der Waals surface area contributed by atoms with Crippen molar-refractivity contribution in [3.8, 4) is 11.5 Å². The molecule has 0 radical (unpaired) electrons. The lowest BCUT2D eigenvalue weighted by Gasteiger charge is -2.37. The van der Waals surface area contributed by atoms with Gasteiger partial charge in [-0.3, -0.25) is 9.89 Å². The first-order chi connectivity index (χ1) is 15.1. The smallest absolute Gasteiger partial charge is 0.257 e. The van der Waals surface area contributed by atoms with Crippen molar-refractivity contribution in [3.63, 3.8) is 0 Å². The summed E-state index contributed by atoms with van der Waals surface area (Å²) in [6, 6.07) is 8.61. The fourth-order valence-corrected chi connectivity index (χ4v) is 3.81. The van der Waals surface area contributed by atoms with Gasteiger partial charge in [0.25, 0.3) is 5.89 Å². The molecule has 2 aromatic rings. The first-order valence-electron chi connectivity index (χ1n) is 11.3. The van der Waals surface area contributed by atoms with Gasteiger partial charge in [-0.1, -0.05) is 38.1 Å². The third-order valence-corrected chi connectivity index (χ3v) is 5.56. The maximum atomic E-state index is 5.51. The zero-order chi connectivity index (χ0) is 22.1. The lowest BCUT2D eigenvalue weighted by molar-refractivity contribution is 0.00752. The van der Waals surface area contributed by atoms with Crippen LogP contribution < -0.4 is 10.6 Å². The zero-order valence-corrected chi connectivity index (χ0v) is 19.2. The molecule has 0 bridgehead atoms. The largest absolute Gasteiger partial charge is 0.379 e. The van der Waals surface area contributed by atoms with Crippen LogP contribution in [0, 0.1) is 5.92 Å². The van der Waals surface area contributed by atoms with Crippen molar-refractivity contribution in [3.05, 3.63) is 35.7 Å². The highest BCUT2D eigenvalue weighted by Crippen LogP contribution is 2.19. The molecule has 2 N–H and O–H groups in total. The van der Waals surface area contributed by atoms with E-state index in [1.165, 1.54) is 0 Å². The van der Waals surface area contributed by atoms with E-state index in [2.05, 4.69) is 63.6 Å². The fourth-order valence-electron chi connectivity index (χ4n) is 3.81. The lowest BCUT2D eigenvalue weighted by Crippen LogP contribution is -2.52. The van der Waals surface area contributed by atoms with Gasteiger partial charge in [-0.05, 0) is 30.0 Å². The van der Waals surface area contributed by atoms with Crippen LogP contribution in [-0.2, 0) is 17.7 Å². The Morgan fingerprint density at radius 1 is 1.23 bits per heavy atom. The molecule has 1 fully saturated rings. The molecule has 1 atom stereocenters. The quantitative estimate of drug-likeness (QED) is 0.469. The second-order valence-electron chi connectivity index (χ2n) is 8.23. The third-order valence-electron chi connectivity index (χ3n) is 5.56. The number of aliphatic imine (C=N–C) groups is 1. The lowest BCUT2D eigenvalue weighted by atomic mass is 10.0. The number of morpholine rings is 1. The molecular weight excluding hydrogens is 392 g/mol. The summed E-state index contributed by atoms with van der Waals surface area (Å²) in [6.45, 7) is 11.7. The van der Waals surface area contributed by atoms with Crippen molar-refractivity contribution >= 4 is 5.96 Å². The Labute approximate surface area is 185 Å². The van der Waals surface area contributed by atoms with Gasteiger partial charge in [0, 0.05) is 51.3 Å². The van der Waals surface area contributed by atoms with Crippen LogP contribution >= 0.6 is 0 Å². The van der Waals surface area contributed by atoms with Crippen molar-refractivity contribution < 1.29 is 9.26 Å². The average molecular weight is 429 g/mol. The molecule has 1 unspecified atom stereocenters. The molecule has 0 aliphatic carbocycles. The second kappa shape index (κ2) is 11.8. The minimum Gasteiger partial charge on any atom is -0.379 e. The molecule has 1 aromatic heterocycles. The molecular formula is C23H36N6O2. The van der Waals surface area contributed by atoms with Crippen LogP contribution in [0.5, 0.6) is 0 Å². The highest BCUT2D eigenvalue weighted by atomic mass is 16.5. The zero-order valence-electron chi connectivity index (χ0n) is 19.2. The molecule has 0 amide bonds. The average Bonchev–Trinajstić information content (AvgIpc) is 3.26. The Hall–Kier alpha value is -2.45. The number of aromatic nitrogens is 2. The molecule has 1 saturated heterocycles. The van der Waals surface area contributed by atoms with Gasteiger partial charge in [0.2, 0.25) is 0 Å². The van der Waals surface area contributed by atoms with Crippen LogP contribution in [0.3, 0.4) is 0 Å². The number of aryl methyl sites for hydroxylation is 1. The Bertz CT molecular complexity index is 829. The van der Waals surface area contributed by atoms with Gasteiger partial charge in [-0.15, -0.1) is 0 Å². The number of hydrogen-bond acceptors (Lipinski definition) is 6. The monoisotopic (exact) mass is 428 g/mol. The summed E-state index contributed by atoms with van der Waals surface area (Å²) in [5.41, 5.74) is 2.06. The minimum atomic E-state index is 0.445. The summed E-state index contributed by atoms with van der Waals surface area (Å²) < 4.78 is 10.9. The van der Waals surface area contributed by atoms with Crippen molar-refractivity contribution in [2.75, 3.05) is 39.9 Å². The van der Waals surface area contributed by atoms with E-state index in [4.69, 9.17) is 9.26 Å². The van der Waals surface area contributed by atoms with E-state index >= 15 is 0 Å². The van der Waals surface area contributed by atoms with Gasteiger partial charge < -0.3 is 19.9 Å². The Morgan fingerprint density at radius 3 is 2.74 bits per heavy atom. The number of guanidine groups is 1. The predicted octanol–water partition coefficient (Wildman–Crippen LogP) is 2.71.